The van der Waals surface area contributed by atoms with Gasteiger partial charge in [0.25, 0.3) is 5.91 Å². The molecule has 1 N–H and O–H groups in total. The summed E-state index contributed by atoms with van der Waals surface area (Å²) < 4.78 is 0. The Labute approximate surface area is 150 Å². The van der Waals surface area contributed by atoms with Gasteiger partial charge in [0, 0.05) is 17.0 Å². The Kier molecular flexibility index (Phi) is 4.72. The third kappa shape index (κ3) is 3.09. The van der Waals surface area contributed by atoms with Crippen molar-refractivity contribution in [2.75, 3.05) is 0 Å². The Morgan fingerprint density at radius 1 is 1.36 bits per heavy atom. The van der Waals surface area contributed by atoms with Crippen molar-refractivity contribution in [3.63, 3.8) is 0 Å². The van der Waals surface area contributed by atoms with E-state index in [1.165, 1.54) is 16.2 Å². The summed E-state index contributed by atoms with van der Waals surface area (Å²) in [7, 11) is 0. The van der Waals surface area contributed by atoms with Crippen LogP contribution in [0.2, 0.25) is 0 Å². The molecule has 0 aliphatic carbocycles. The number of hydrogen-bond acceptors (Lipinski definition) is 5. The van der Waals surface area contributed by atoms with Crippen LogP contribution in [-0.2, 0) is 16.1 Å². The number of Topliss-reactive ketones (excluding diaryl/α,β-unsaturated/α-hetero) is 1. The van der Waals surface area contributed by atoms with E-state index >= 15 is 0 Å². The lowest BCUT2D eigenvalue weighted by atomic mass is 9.93. The van der Waals surface area contributed by atoms with Crippen LogP contribution in [0.3, 0.4) is 0 Å². The molecule has 6 heteroatoms. The summed E-state index contributed by atoms with van der Waals surface area (Å²) in [4.78, 5) is 32.1. The van der Waals surface area contributed by atoms with E-state index in [1.807, 2.05) is 30.5 Å². The van der Waals surface area contributed by atoms with Gasteiger partial charge in [0.15, 0.2) is 11.5 Å². The molecule has 3 heterocycles. The number of carbonyl (C=O) groups excluding carboxylic acids is 2. The molecule has 1 aliphatic heterocycles. The fraction of sp³-hybridized carbons (Fsp3) is 0.316. The van der Waals surface area contributed by atoms with Crippen LogP contribution in [0.4, 0.5) is 0 Å². The van der Waals surface area contributed by atoms with Gasteiger partial charge in [0.1, 0.15) is 0 Å². The molecular formula is C19H20N2O3S. The molecule has 0 aromatic carbocycles. The van der Waals surface area contributed by atoms with Crippen LogP contribution in [0, 0.1) is 12.8 Å². The zero-order valence-electron chi connectivity index (χ0n) is 14.4. The van der Waals surface area contributed by atoms with Crippen LogP contribution >= 0.6 is 11.3 Å². The highest BCUT2D eigenvalue weighted by atomic mass is 32.1. The minimum atomic E-state index is -0.565. The van der Waals surface area contributed by atoms with E-state index in [9.17, 15) is 14.7 Å². The van der Waals surface area contributed by atoms with Crippen LogP contribution < -0.4 is 0 Å². The number of rotatable bonds is 5. The number of ketones is 1. The van der Waals surface area contributed by atoms with Gasteiger partial charge in [-0.25, -0.2) is 0 Å². The molecule has 130 valence electrons. The van der Waals surface area contributed by atoms with Crippen LogP contribution in [-0.4, -0.2) is 26.7 Å². The van der Waals surface area contributed by atoms with E-state index < -0.39 is 17.7 Å². The van der Waals surface area contributed by atoms with Gasteiger partial charge in [-0.15, -0.1) is 11.3 Å². The molecule has 0 spiro atoms. The van der Waals surface area contributed by atoms with Crippen molar-refractivity contribution < 1.29 is 14.7 Å². The first kappa shape index (κ1) is 17.4. The monoisotopic (exact) mass is 356 g/mol. The predicted octanol–water partition coefficient (Wildman–Crippen LogP) is 3.57. The smallest absolute Gasteiger partial charge is 0.290 e. The topological polar surface area (TPSA) is 70.5 Å². The average molecular weight is 356 g/mol. The summed E-state index contributed by atoms with van der Waals surface area (Å²) in [6.45, 7) is 5.72. The van der Waals surface area contributed by atoms with E-state index in [1.54, 1.807) is 26.1 Å². The molecule has 0 radical (unpaired) electrons. The van der Waals surface area contributed by atoms with Gasteiger partial charge in [-0.05, 0) is 36.1 Å². The molecule has 0 saturated heterocycles. The highest BCUT2D eigenvalue weighted by Gasteiger charge is 2.45. The minimum Gasteiger partial charge on any atom is -0.503 e. The van der Waals surface area contributed by atoms with Gasteiger partial charge in [-0.2, -0.15) is 0 Å². The van der Waals surface area contributed by atoms with E-state index in [2.05, 4.69) is 4.98 Å². The maximum Gasteiger partial charge on any atom is 0.290 e. The van der Waals surface area contributed by atoms with Gasteiger partial charge in [-0.1, -0.05) is 19.9 Å². The molecule has 1 atom stereocenters. The number of aliphatic hydroxyl groups excluding tert-OH is 1. The Bertz CT molecular complexity index is 839. The van der Waals surface area contributed by atoms with E-state index in [4.69, 9.17) is 0 Å². The number of thiophene rings is 1. The van der Waals surface area contributed by atoms with Crippen molar-refractivity contribution in [1.82, 2.24) is 9.88 Å². The van der Waals surface area contributed by atoms with Crippen molar-refractivity contribution in [1.29, 1.82) is 0 Å². The third-order valence-electron chi connectivity index (χ3n) is 4.30. The molecule has 2 aromatic heterocycles. The Balaban J connectivity index is 2.07. The predicted molar refractivity (Wildman–Crippen MR) is 96.1 cm³/mol. The first-order valence-corrected chi connectivity index (χ1v) is 9.02. The lowest BCUT2D eigenvalue weighted by Gasteiger charge is -2.26. The summed E-state index contributed by atoms with van der Waals surface area (Å²) in [5.74, 6) is -1.46. The Morgan fingerprint density at radius 3 is 2.68 bits per heavy atom. The zero-order valence-corrected chi connectivity index (χ0v) is 15.2. The van der Waals surface area contributed by atoms with E-state index in [-0.39, 0.29) is 23.8 Å². The summed E-state index contributed by atoms with van der Waals surface area (Å²) in [6.07, 6.45) is 1.66. The van der Waals surface area contributed by atoms with E-state index in [0.717, 1.165) is 10.4 Å². The lowest BCUT2D eigenvalue weighted by molar-refractivity contribution is -0.130. The number of pyridine rings is 1. The zero-order chi connectivity index (χ0) is 18.1. The van der Waals surface area contributed by atoms with Gasteiger partial charge in [-0.3, -0.25) is 14.6 Å². The number of aryl methyl sites for hydroxylation is 1. The molecule has 5 nitrogen and oxygen atoms in total. The van der Waals surface area contributed by atoms with Crippen molar-refractivity contribution >= 4 is 23.0 Å². The fourth-order valence-corrected chi connectivity index (χ4v) is 4.03. The number of amides is 1. The standard InChI is InChI=1S/C19H20N2O3S/c1-11(2)16(22)14-15(18-12(3)7-9-25-18)21(19(24)17(14)23)10-13-6-4-5-8-20-13/h4-9,11,15,23H,10H2,1-3H3. The van der Waals surface area contributed by atoms with Crippen LogP contribution in [0.15, 0.2) is 47.2 Å². The van der Waals surface area contributed by atoms with Gasteiger partial charge in [0.2, 0.25) is 0 Å². The number of nitrogens with zero attached hydrogens (tertiary/aromatic N) is 2. The molecule has 0 saturated carbocycles. The highest BCUT2D eigenvalue weighted by molar-refractivity contribution is 7.10. The van der Waals surface area contributed by atoms with Crippen LogP contribution in [0.5, 0.6) is 0 Å². The number of aliphatic hydroxyl groups is 1. The number of aromatic nitrogens is 1. The van der Waals surface area contributed by atoms with Crippen molar-refractivity contribution in [3.8, 4) is 0 Å². The Hall–Kier alpha value is -2.47. The molecule has 2 aromatic rings. The SMILES string of the molecule is Cc1ccsc1C1C(C(=O)C(C)C)=C(O)C(=O)N1Cc1ccccn1. The fourth-order valence-electron chi connectivity index (χ4n) is 2.98. The van der Waals surface area contributed by atoms with Crippen molar-refractivity contribution in [3.05, 3.63) is 63.3 Å². The summed E-state index contributed by atoms with van der Waals surface area (Å²) >= 11 is 1.49. The van der Waals surface area contributed by atoms with Gasteiger partial charge < -0.3 is 10.0 Å². The summed E-state index contributed by atoms with van der Waals surface area (Å²) in [5.41, 5.74) is 1.90. The summed E-state index contributed by atoms with van der Waals surface area (Å²) in [6, 6.07) is 6.87. The third-order valence-corrected chi connectivity index (χ3v) is 5.37. The van der Waals surface area contributed by atoms with Crippen molar-refractivity contribution in [2.45, 2.75) is 33.4 Å². The molecule has 1 unspecified atom stereocenters. The maximum absolute atomic E-state index is 12.7. The second-order valence-electron chi connectivity index (χ2n) is 6.41. The first-order chi connectivity index (χ1) is 11.9. The molecule has 0 fully saturated rings. The second kappa shape index (κ2) is 6.80. The first-order valence-electron chi connectivity index (χ1n) is 8.14. The molecular weight excluding hydrogens is 336 g/mol. The van der Waals surface area contributed by atoms with Gasteiger partial charge in [0.05, 0.1) is 23.9 Å². The minimum absolute atomic E-state index is 0.196. The molecule has 25 heavy (non-hydrogen) atoms. The largest absolute Gasteiger partial charge is 0.503 e. The lowest BCUT2D eigenvalue weighted by Crippen LogP contribution is -2.31. The molecule has 1 amide bonds. The average Bonchev–Trinajstić information content (AvgIpc) is 3.11. The number of hydrogen-bond donors (Lipinski definition) is 1. The highest BCUT2D eigenvalue weighted by Crippen LogP contribution is 2.42. The van der Waals surface area contributed by atoms with Crippen molar-refractivity contribution in [2.24, 2.45) is 5.92 Å². The van der Waals surface area contributed by atoms with Crippen LogP contribution in [0.1, 0.15) is 36.0 Å². The number of carbonyl (C=O) groups is 2. The molecule has 1 aliphatic rings. The summed E-state index contributed by atoms with van der Waals surface area (Å²) in [5, 5.41) is 12.4. The molecule has 3 rings (SSSR count). The van der Waals surface area contributed by atoms with Gasteiger partial charge >= 0.3 is 0 Å². The normalized spacial score (nSPS) is 17.7. The second-order valence-corrected chi connectivity index (χ2v) is 7.35. The maximum atomic E-state index is 12.7. The molecule has 0 bridgehead atoms. The van der Waals surface area contributed by atoms with Crippen LogP contribution in [0.25, 0.3) is 0 Å². The van der Waals surface area contributed by atoms with E-state index in [0.29, 0.717) is 5.69 Å². The quantitative estimate of drug-likeness (QED) is 0.889. The Morgan fingerprint density at radius 2 is 2.12 bits per heavy atom.